The van der Waals surface area contributed by atoms with Gasteiger partial charge in [0.1, 0.15) is 0 Å². The van der Waals surface area contributed by atoms with E-state index in [2.05, 4.69) is 36.1 Å². The lowest BCUT2D eigenvalue weighted by molar-refractivity contribution is 0.577. The van der Waals surface area contributed by atoms with E-state index in [1.54, 1.807) is 0 Å². The van der Waals surface area contributed by atoms with Crippen molar-refractivity contribution in [2.75, 3.05) is 18.0 Å². The Morgan fingerprint density at radius 3 is 2.31 bits per heavy atom. The van der Waals surface area contributed by atoms with E-state index in [-0.39, 0.29) is 6.04 Å². The lowest BCUT2D eigenvalue weighted by Gasteiger charge is -2.29. The average Bonchev–Trinajstić information content (AvgIpc) is 2.39. The van der Waals surface area contributed by atoms with Crippen LogP contribution in [0, 0.1) is 0 Å². The van der Waals surface area contributed by atoms with Gasteiger partial charge in [-0.15, -0.1) is 0 Å². The number of hydrogen-bond acceptors (Lipinski definition) is 2. The molecule has 0 aliphatic carbocycles. The third kappa shape index (κ3) is 2.56. The third-order valence-electron chi connectivity index (χ3n) is 3.48. The van der Waals surface area contributed by atoms with E-state index >= 15 is 0 Å². The molecule has 0 unspecified atom stereocenters. The van der Waals surface area contributed by atoms with Gasteiger partial charge in [-0.2, -0.15) is 0 Å². The smallest absolute Gasteiger partial charge is 0.0366 e. The number of piperidine rings is 1. The molecule has 0 spiro atoms. The molecule has 1 fully saturated rings. The van der Waals surface area contributed by atoms with E-state index in [1.807, 2.05) is 0 Å². The van der Waals surface area contributed by atoms with Gasteiger partial charge in [-0.25, -0.2) is 0 Å². The van der Waals surface area contributed by atoms with Gasteiger partial charge in [-0.05, 0) is 43.4 Å². The first kappa shape index (κ1) is 11.5. The molecular weight excluding hydrogens is 196 g/mol. The normalized spacial score (nSPS) is 18.5. The van der Waals surface area contributed by atoms with Crippen molar-refractivity contribution in [2.45, 2.75) is 38.6 Å². The van der Waals surface area contributed by atoms with Gasteiger partial charge in [0.2, 0.25) is 0 Å². The minimum Gasteiger partial charge on any atom is -0.372 e. The minimum atomic E-state index is 0.190. The summed E-state index contributed by atoms with van der Waals surface area (Å²) >= 11 is 0. The van der Waals surface area contributed by atoms with Crippen molar-refractivity contribution >= 4 is 5.69 Å². The van der Waals surface area contributed by atoms with Crippen molar-refractivity contribution in [1.82, 2.24) is 0 Å². The van der Waals surface area contributed by atoms with Crippen LogP contribution in [-0.4, -0.2) is 13.1 Å². The number of anilines is 1. The number of nitrogens with zero attached hydrogens (tertiary/aromatic N) is 1. The third-order valence-corrected chi connectivity index (χ3v) is 3.48. The molecule has 1 heterocycles. The first-order valence-corrected chi connectivity index (χ1v) is 6.41. The van der Waals surface area contributed by atoms with Gasteiger partial charge in [-0.1, -0.05) is 19.1 Å². The Morgan fingerprint density at radius 2 is 1.75 bits per heavy atom. The van der Waals surface area contributed by atoms with Crippen LogP contribution in [0.15, 0.2) is 24.3 Å². The van der Waals surface area contributed by atoms with E-state index in [9.17, 15) is 0 Å². The van der Waals surface area contributed by atoms with Crippen LogP contribution in [0.3, 0.4) is 0 Å². The van der Waals surface area contributed by atoms with E-state index < -0.39 is 0 Å². The number of hydrogen-bond donors (Lipinski definition) is 1. The van der Waals surface area contributed by atoms with Crippen LogP contribution in [0.2, 0.25) is 0 Å². The molecule has 1 aromatic carbocycles. The zero-order valence-electron chi connectivity index (χ0n) is 10.2. The maximum absolute atomic E-state index is 6.01. The van der Waals surface area contributed by atoms with Crippen molar-refractivity contribution in [3.05, 3.63) is 29.8 Å². The van der Waals surface area contributed by atoms with Gasteiger partial charge >= 0.3 is 0 Å². The zero-order chi connectivity index (χ0) is 11.4. The molecule has 16 heavy (non-hydrogen) atoms. The van der Waals surface area contributed by atoms with E-state index in [0.29, 0.717) is 0 Å². The Hall–Kier alpha value is -1.02. The molecule has 2 N–H and O–H groups in total. The summed E-state index contributed by atoms with van der Waals surface area (Å²) in [6.07, 6.45) is 5.05. The topological polar surface area (TPSA) is 29.3 Å². The standard InChI is InChI=1S/C14H22N2/c1-2-14(15)12-6-8-13(9-7-12)16-10-4-3-5-11-16/h6-9,14H,2-5,10-11,15H2,1H3/t14-/m0/s1. The van der Waals surface area contributed by atoms with Gasteiger partial charge in [0.15, 0.2) is 0 Å². The quantitative estimate of drug-likeness (QED) is 0.844. The summed E-state index contributed by atoms with van der Waals surface area (Å²) in [5, 5.41) is 0. The molecule has 88 valence electrons. The number of nitrogens with two attached hydrogens (primary N) is 1. The predicted molar refractivity (Wildman–Crippen MR) is 69.7 cm³/mol. The highest BCUT2D eigenvalue weighted by Gasteiger charge is 2.11. The SMILES string of the molecule is CC[C@H](N)c1ccc(N2CCCCC2)cc1. The van der Waals surface area contributed by atoms with E-state index in [4.69, 9.17) is 5.73 Å². The Kier molecular flexibility index (Phi) is 3.83. The zero-order valence-corrected chi connectivity index (χ0v) is 10.2. The largest absolute Gasteiger partial charge is 0.372 e. The molecule has 0 saturated carbocycles. The second-order valence-corrected chi connectivity index (χ2v) is 4.65. The molecule has 2 heteroatoms. The lowest BCUT2D eigenvalue weighted by atomic mass is 10.0. The molecule has 0 bridgehead atoms. The number of benzene rings is 1. The monoisotopic (exact) mass is 218 g/mol. The molecule has 0 aromatic heterocycles. The highest BCUT2D eigenvalue weighted by molar-refractivity contribution is 5.48. The average molecular weight is 218 g/mol. The molecule has 2 nitrogen and oxygen atoms in total. The van der Waals surface area contributed by atoms with Gasteiger partial charge in [0.25, 0.3) is 0 Å². The predicted octanol–water partition coefficient (Wildman–Crippen LogP) is 3.09. The number of rotatable bonds is 3. The molecule has 0 amide bonds. The van der Waals surface area contributed by atoms with Crippen LogP contribution < -0.4 is 10.6 Å². The first-order chi connectivity index (χ1) is 7.81. The van der Waals surface area contributed by atoms with Crippen molar-refractivity contribution in [3.63, 3.8) is 0 Å². The van der Waals surface area contributed by atoms with Crippen LogP contribution in [0.5, 0.6) is 0 Å². The van der Waals surface area contributed by atoms with Gasteiger partial charge in [0.05, 0.1) is 0 Å². The maximum Gasteiger partial charge on any atom is 0.0366 e. The Balaban J connectivity index is 2.06. The molecule has 0 radical (unpaired) electrons. The molecule has 1 aromatic rings. The molecule has 2 rings (SSSR count). The molecule has 1 aliphatic heterocycles. The van der Waals surface area contributed by atoms with Crippen molar-refractivity contribution in [1.29, 1.82) is 0 Å². The van der Waals surface area contributed by atoms with Crippen LogP contribution in [0.4, 0.5) is 5.69 Å². The molecule has 1 saturated heterocycles. The van der Waals surface area contributed by atoms with Gasteiger partial charge in [0, 0.05) is 24.8 Å². The van der Waals surface area contributed by atoms with Crippen LogP contribution in [0.25, 0.3) is 0 Å². The fourth-order valence-corrected chi connectivity index (χ4v) is 2.32. The highest BCUT2D eigenvalue weighted by Crippen LogP contribution is 2.22. The molecule has 1 atom stereocenters. The summed E-state index contributed by atoms with van der Waals surface area (Å²) in [5.41, 5.74) is 8.62. The van der Waals surface area contributed by atoms with E-state index in [1.165, 1.54) is 43.6 Å². The summed E-state index contributed by atoms with van der Waals surface area (Å²) in [6, 6.07) is 8.98. The van der Waals surface area contributed by atoms with Gasteiger partial charge in [-0.3, -0.25) is 0 Å². The van der Waals surface area contributed by atoms with Crippen LogP contribution in [-0.2, 0) is 0 Å². The Labute approximate surface area is 98.4 Å². The summed E-state index contributed by atoms with van der Waals surface area (Å²) < 4.78 is 0. The summed E-state index contributed by atoms with van der Waals surface area (Å²) in [7, 11) is 0. The lowest BCUT2D eigenvalue weighted by Crippen LogP contribution is -2.29. The fourth-order valence-electron chi connectivity index (χ4n) is 2.32. The summed E-state index contributed by atoms with van der Waals surface area (Å²) in [4.78, 5) is 2.48. The maximum atomic E-state index is 6.01. The summed E-state index contributed by atoms with van der Waals surface area (Å²) in [6.45, 7) is 4.54. The van der Waals surface area contributed by atoms with Crippen molar-refractivity contribution < 1.29 is 0 Å². The molecule has 1 aliphatic rings. The fraction of sp³-hybridized carbons (Fsp3) is 0.571. The molecular formula is C14H22N2. The van der Waals surface area contributed by atoms with Crippen LogP contribution in [0.1, 0.15) is 44.2 Å². The first-order valence-electron chi connectivity index (χ1n) is 6.41. The second kappa shape index (κ2) is 5.35. The Bertz CT molecular complexity index is 312. The van der Waals surface area contributed by atoms with Crippen molar-refractivity contribution in [3.8, 4) is 0 Å². The Morgan fingerprint density at radius 1 is 1.12 bits per heavy atom. The second-order valence-electron chi connectivity index (χ2n) is 4.65. The highest BCUT2D eigenvalue weighted by atomic mass is 15.1. The minimum absolute atomic E-state index is 0.190. The van der Waals surface area contributed by atoms with Gasteiger partial charge < -0.3 is 10.6 Å². The summed E-state index contributed by atoms with van der Waals surface area (Å²) in [5.74, 6) is 0. The van der Waals surface area contributed by atoms with E-state index in [0.717, 1.165) is 6.42 Å². The van der Waals surface area contributed by atoms with Crippen molar-refractivity contribution in [2.24, 2.45) is 5.73 Å². The van der Waals surface area contributed by atoms with Crippen LogP contribution >= 0.6 is 0 Å².